The molecule has 0 radical (unpaired) electrons. The van der Waals surface area contributed by atoms with Crippen LogP contribution in [0, 0.1) is 5.82 Å². The quantitative estimate of drug-likeness (QED) is 0.892. The highest BCUT2D eigenvalue weighted by atomic mass is 32.1. The van der Waals surface area contributed by atoms with Crippen molar-refractivity contribution in [2.45, 2.75) is 6.42 Å². The molecule has 82 valence electrons. The van der Waals surface area contributed by atoms with Gasteiger partial charge in [0.25, 0.3) is 0 Å². The predicted molar refractivity (Wildman–Crippen MR) is 58.8 cm³/mol. The molecule has 16 heavy (non-hydrogen) atoms. The van der Waals surface area contributed by atoms with E-state index in [4.69, 9.17) is 5.11 Å². The normalized spacial score (nSPS) is 10.3. The van der Waals surface area contributed by atoms with Crippen molar-refractivity contribution in [3.05, 3.63) is 40.5 Å². The molecular formula is C11H8FNO2S. The molecular weight excluding hydrogens is 229 g/mol. The monoisotopic (exact) mass is 237 g/mol. The van der Waals surface area contributed by atoms with Crippen molar-refractivity contribution in [3.8, 4) is 11.3 Å². The summed E-state index contributed by atoms with van der Waals surface area (Å²) in [7, 11) is 0. The molecule has 0 spiro atoms. The molecule has 1 aromatic heterocycles. The summed E-state index contributed by atoms with van der Waals surface area (Å²) >= 11 is 1.29. The van der Waals surface area contributed by atoms with Gasteiger partial charge in [-0.3, -0.25) is 4.79 Å². The second-order valence-corrected chi connectivity index (χ2v) is 4.14. The molecule has 0 atom stereocenters. The fourth-order valence-corrected chi connectivity index (χ4v) is 2.15. The van der Waals surface area contributed by atoms with E-state index in [1.165, 1.54) is 23.5 Å². The summed E-state index contributed by atoms with van der Waals surface area (Å²) in [5.41, 5.74) is 2.95. The number of aromatic nitrogens is 1. The molecule has 0 fully saturated rings. The number of hydrogen-bond acceptors (Lipinski definition) is 3. The maximum absolute atomic E-state index is 12.7. The Hall–Kier alpha value is -1.75. The largest absolute Gasteiger partial charge is 0.481 e. The van der Waals surface area contributed by atoms with Gasteiger partial charge in [0.05, 0.1) is 17.6 Å². The first-order valence-electron chi connectivity index (χ1n) is 4.57. The van der Waals surface area contributed by atoms with E-state index < -0.39 is 5.97 Å². The van der Waals surface area contributed by atoms with Crippen molar-refractivity contribution in [3.63, 3.8) is 0 Å². The summed E-state index contributed by atoms with van der Waals surface area (Å²) in [5, 5.41) is 8.72. The van der Waals surface area contributed by atoms with Gasteiger partial charge >= 0.3 is 5.97 Å². The molecule has 5 heteroatoms. The Kier molecular flexibility index (Phi) is 2.96. The van der Waals surface area contributed by atoms with Gasteiger partial charge in [0, 0.05) is 10.4 Å². The smallest absolute Gasteiger partial charge is 0.308 e. The van der Waals surface area contributed by atoms with Crippen LogP contribution in [-0.2, 0) is 11.2 Å². The van der Waals surface area contributed by atoms with Gasteiger partial charge < -0.3 is 5.11 Å². The van der Waals surface area contributed by atoms with E-state index in [0.29, 0.717) is 10.6 Å². The molecule has 0 aliphatic carbocycles. The van der Waals surface area contributed by atoms with E-state index >= 15 is 0 Å². The molecule has 0 bridgehead atoms. The number of rotatable bonds is 3. The van der Waals surface area contributed by atoms with Crippen molar-refractivity contribution in [2.24, 2.45) is 0 Å². The van der Waals surface area contributed by atoms with Crippen LogP contribution in [0.15, 0.2) is 29.8 Å². The van der Waals surface area contributed by atoms with Gasteiger partial charge in [-0.05, 0) is 24.3 Å². The molecule has 0 amide bonds. The zero-order chi connectivity index (χ0) is 11.5. The Morgan fingerprint density at radius 2 is 2.06 bits per heavy atom. The van der Waals surface area contributed by atoms with Gasteiger partial charge in [0.15, 0.2) is 0 Å². The molecule has 0 saturated heterocycles. The van der Waals surface area contributed by atoms with Crippen molar-refractivity contribution in [1.29, 1.82) is 0 Å². The number of carboxylic acids is 1. The fraction of sp³-hybridized carbons (Fsp3) is 0.0909. The third-order valence-electron chi connectivity index (χ3n) is 2.07. The molecule has 0 saturated carbocycles. The highest BCUT2D eigenvalue weighted by Gasteiger charge is 2.11. The highest BCUT2D eigenvalue weighted by Crippen LogP contribution is 2.25. The predicted octanol–water partition coefficient (Wildman–Crippen LogP) is 2.58. The van der Waals surface area contributed by atoms with E-state index in [0.717, 1.165) is 5.56 Å². The Bertz CT molecular complexity index is 507. The zero-order valence-corrected chi connectivity index (χ0v) is 9.00. The Morgan fingerprint density at radius 3 is 2.69 bits per heavy atom. The minimum Gasteiger partial charge on any atom is -0.481 e. The number of benzene rings is 1. The third kappa shape index (κ3) is 2.25. The van der Waals surface area contributed by atoms with Crippen LogP contribution in [0.3, 0.4) is 0 Å². The van der Waals surface area contributed by atoms with Crippen LogP contribution in [-0.4, -0.2) is 16.1 Å². The summed E-state index contributed by atoms with van der Waals surface area (Å²) in [6.45, 7) is 0. The summed E-state index contributed by atoms with van der Waals surface area (Å²) in [6, 6.07) is 5.85. The van der Waals surface area contributed by atoms with Crippen molar-refractivity contribution in [1.82, 2.24) is 4.98 Å². The topological polar surface area (TPSA) is 50.2 Å². The summed E-state index contributed by atoms with van der Waals surface area (Å²) < 4.78 is 12.7. The van der Waals surface area contributed by atoms with Gasteiger partial charge in [0.2, 0.25) is 0 Å². The highest BCUT2D eigenvalue weighted by molar-refractivity contribution is 7.10. The Labute approximate surface area is 95.2 Å². The molecule has 1 heterocycles. The number of aliphatic carboxylic acids is 1. The first-order valence-corrected chi connectivity index (χ1v) is 5.45. The van der Waals surface area contributed by atoms with Gasteiger partial charge in [-0.15, -0.1) is 11.3 Å². The van der Waals surface area contributed by atoms with Crippen LogP contribution in [0.5, 0.6) is 0 Å². The number of carboxylic acid groups (broad SMARTS) is 1. The van der Waals surface area contributed by atoms with Gasteiger partial charge in [-0.25, -0.2) is 9.37 Å². The summed E-state index contributed by atoms with van der Waals surface area (Å²) in [6.07, 6.45) is -0.0582. The molecule has 0 aliphatic heterocycles. The van der Waals surface area contributed by atoms with E-state index in [1.807, 2.05) is 0 Å². The van der Waals surface area contributed by atoms with E-state index in [1.54, 1.807) is 17.6 Å². The molecule has 1 N–H and O–H groups in total. The van der Waals surface area contributed by atoms with Crippen molar-refractivity contribution < 1.29 is 14.3 Å². The maximum atomic E-state index is 12.7. The lowest BCUT2D eigenvalue weighted by molar-refractivity contribution is -0.136. The first-order chi connectivity index (χ1) is 7.66. The van der Waals surface area contributed by atoms with Crippen molar-refractivity contribution >= 4 is 17.3 Å². The Morgan fingerprint density at radius 1 is 1.38 bits per heavy atom. The fourth-order valence-electron chi connectivity index (χ4n) is 1.38. The van der Waals surface area contributed by atoms with Gasteiger partial charge in [0.1, 0.15) is 5.82 Å². The number of nitrogens with zero attached hydrogens (tertiary/aromatic N) is 1. The minimum absolute atomic E-state index is 0.0582. The summed E-state index contributed by atoms with van der Waals surface area (Å²) in [5.74, 6) is -1.22. The van der Waals surface area contributed by atoms with E-state index in [2.05, 4.69) is 4.98 Å². The maximum Gasteiger partial charge on any atom is 0.308 e. The van der Waals surface area contributed by atoms with Crippen LogP contribution in [0.4, 0.5) is 4.39 Å². The molecule has 0 unspecified atom stereocenters. The lowest BCUT2D eigenvalue weighted by Crippen LogP contribution is -1.99. The first kappa shape index (κ1) is 10.8. The molecule has 3 nitrogen and oxygen atoms in total. The van der Waals surface area contributed by atoms with Crippen LogP contribution in [0.25, 0.3) is 11.3 Å². The van der Waals surface area contributed by atoms with E-state index in [9.17, 15) is 9.18 Å². The van der Waals surface area contributed by atoms with Crippen molar-refractivity contribution in [2.75, 3.05) is 0 Å². The zero-order valence-electron chi connectivity index (χ0n) is 8.18. The standard InChI is InChI=1S/C11H8FNO2S/c12-8-3-1-7(2-4-8)11-9(5-10(14)15)16-6-13-11/h1-4,6H,5H2,(H,14,15). The Balaban J connectivity index is 2.36. The second-order valence-electron chi connectivity index (χ2n) is 3.20. The number of hydrogen-bond donors (Lipinski definition) is 1. The van der Waals surface area contributed by atoms with Crippen LogP contribution in [0.1, 0.15) is 4.88 Å². The second kappa shape index (κ2) is 4.40. The summed E-state index contributed by atoms with van der Waals surface area (Å²) in [4.78, 5) is 15.4. The average Bonchev–Trinajstić information content (AvgIpc) is 2.66. The SMILES string of the molecule is O=C(O)Cc1scnc1-c1ccc(F)cc1. The van der Waals surface area contributed by atoms with E-state index in [-0.39, 0.29) is 12.2 Å². The van der Waals surface area contributed by atoms with Crippen LogP contribution >= 0.6 is 11.3 Å². The number of carbonyl (C=O) groups is 1. The molecule has 1 aromatic carbocycles. The number of thiazole rings is 1. The lowest BCUT2D eigenvalue weighted by Gasteiger charge is -2.00. The van der Waals surface area contributed by atoms with Gasteiger partial charge in [-0.1, -0.05) is 0 Å². The van der Waals surface area contributed by atoms with Crippen LogP contribution < -0.4 is 0 Å². The molecule has 0 aliphatic rings. The third-order valence-corrected chi connectivity index (χ3v) is 2.90. The lowest BCUT2D eigenvalue weighted by atomic mass is 10.1. The average molecular weight is 237 g/mol. The number of halogens is 1. The minimum atomic E-state index is -0.896. The van der Waals surface area contributed by atoms with Crippen LogP contribution in [0.2, 0.25) is 0 Å². The van der Waals surface area contributed by atoms with Gasteiger partial charge in [-0.2, -0.15) is 0 Å². The molecule has 2 aromatic rings. The molecule has 2 rings (SSSR count).